The average Bonchev–Trinajstić information content (AvgIpc) is 2.27. The van der Waals surface area contributed by atoms with Gasteiger partial charge in [0.2, 0.25) is 0 Å². The van der Waals surface area contributed by atoms with Crippen molar-refractivity contribution in [3.63, 3.8) is 0 Å². The van der Waals surface area contributed by atoms with E-state index in [2.05, 4.69) is 0 Å². The van der Waals surface area contributed by atoms with E-state index in [0.29, 0.717) is 6.07 Å². The molecule has 2 aromatic carbocycles. The first-order chi connectivity index (χ1) is 8.87. The van der Waals surface area contributed by atoms with Crippen LogP contribution in [0.5, 0.6) is 0 Å². The maximum absolute atomic E-state index is 12.9. The van der Waals surface area contributed by atoms with Gasteiger partial charge in [0.25, 0.3) is 10.0 Å². The summed E-state index contributed by atoms with van der Waals surface area (Å²) in [5.74, 6) is -2.40. The molecule has 7 heteroatoms. The van der Waals surface area contributed by atoms with E-state index in [1.807, 2.05) is 4.72 Å². The predicted octanol–water partition coefficient (Wildman–Crippen LogP) is 2.90. The molecule has 1 N–H and O–H groups in total. The van der Waals surface area contributed by atoms with Gasteiger partial charge in [-0.05, 0) is 36.4 Å². The topological polar surface area (TPSA) is 46.2 Å². The maximum atomic E-state index is 12.9. The van der Waals surface area contributed by atoms with Gasteiger partial charge in [-0.25, -0.2) is 21.6 Å². The van der Waals surface area contributed by atoms with E-state index >= 15 is 0 Å². The van der Waals surface area contributed by atoms with Gasteiger partial charge in [0.1, 0.15) is 17.5 Å². The Morgan fingerprint density at radius 2 is 1.32 bits per heavy atom. The second kappa shape index (κ2) is 4.93. The Labute approximate surface area is 107 Å². The Balaban J connectivity index is 2.33. The lowest BCUT2D eigenvalue weighted by molar-refractivity contribution is 0.584. The molecule has 19 heavy (non-hydrogen) atoms. The van der Waals surface area contributed by atoms with Crippen molar-refractivity contribution >= 4 is 15.7 Å². The Bertz CT molecular complexity index is 679. The SMILES string of the molecule is O=S(=O)(Nc1cc(F)cc(F)c1)c1ccc(F)cc1. The quantitative estimate of drug-likeness (QED) is 0.943. The van der Waals surface area contributed by atoms with E-state index in [4.69, 9.17) is 0 Å². The Morgan fingerprint density at radius 3 is 1.84 bits per heavy atom. The standard InChI is InChI=1S/C12H8F3NO2S/c13-8-1-3-12(4-2-8)19(17,18)16-11-6-9(14)5-10(15)7-11/h1-7,16H. The maximum Gasteiger partial charge on any atom is 0.261 e. The first-order valence-electron chi connectivity index (χ1n) is 5.11. The van der Waals surface area contributed by atoms with E-state index < -0.39 is 27.5 Å². The molecule has 0 saturated carbocycles. The molecule has 0 aliphatic carbocycles. The van der Waals surface area contributed by atoms with Crippen LogP contribution in [0.25, 0.3) is 0 Å². The fraction of sp³-hybridized carbons (Fsp3) is 0. The van der Waals surface area contributed by atoms with Crippen molar-refractivity contribution in [1.82, 2.24) is 0 Å². The van der Waals surface area contributed by atoms with Crippen LogP contribution in [0.1, 0.15) is 0 Å². The molecule has 0 spiro atoms. The van der Waals surface area contributed by atoms with Crippen molar-refractivity contribution in [2.75, 3.05) is 4.72 Å². The smallest absolute Gasteiger partial charge is 0.261 e. The lowest BCUT2D eigenvalue weighted by Gasteiger charge is -2.08. The molecule has 0 amide bonds. The Kier molecular flexibility index (Phi) is 3.48. The van der Waals surface area contributed by atoms with E-state index in [1.165, 1.54) is 0 Å². The van der Waals surface area contributed by atoms with Gasteiger partial charge in [0.15, 0.2) is 0 Å². The Morgan fingerprint density at radius 1 is 0.789 bits per heavy atom. The molecule has 2 aromatic rings. The summed E-state index contributed by atoms with van der Waals surface area (Å²) in [6, 6.07) is 6.34. The minimum Gasteiger partial charge on any atom is -0.279 e. The van der Waals surface area contributed by atoms with Crippen molar-refractivity contribution in [2.45, 2.75) is 4.90 Å². The zero-order chi connectivity index (χ0) is 14.0. The normalized spacial score (nSPS) is 11.3. The molecule has 100 valence electrons. The highest BCUT2D eigenvalue weighted by Gasteiger charge is 2.15. The van der Waals surface area contributed by atoms with Gasteiger partial charge in [0.05, 0.1) is 10.6 Å². The number of halogens is 3. The van der Waals surface area contributed by atoms with Crippen LogP contribution in [0.3, 0.4) is 0 Å². The fourth-order valence-electron chi connectivity index (χ4n) is 1.44. The number of sulfonamides is 1. The van der Waals surface area contributed by atoms with Crippen molar-refractivity contribution in [3.8, 4) is 0 Å². The summed E-state index contributed by atoms with van der Waals surface area (Å²) in [7, 11) is -4.01. The minimum absolute atomic E-state index is 0.210. The number of hydrogen-bond donors (Lipinski definition) is 1. The zero-order valence-corrected chi connectivity index (χ0v) is 10.2. The molecule has 0 unspecified atom stereocenters. The van der Waals surface area contributed by atoms with Crippen LogP contribution < -0.4 is 4.72 Å². The minimum atomic E-state index is -4.01. The predicted molar refractivity (Wildman–Crippen MR) is 63.6 cm³/mol. The zero-order valence-electron chi connectivity index (χ0n) is 9.40. The van der Waals surface area contributed by atoms with Gasteiger partial charge >= 0.3 is 0 Å². The van der Waals surface area contributed by atoms with Crippen LogP contribution in [0, 0.1) is 17.5 Å². The largest absolute Gasteiger partial charge is 0.279 e. The van der Waals surface area contributed by atoms with E-state index in [1.54, 1.807) is 0 Å². The van der Waals surface area contributed by atoms with Crippen LogP contribution in [-0.2, 0) is 10.0 Å². The molecule has 3 nitrogen and oxygen atoms in total. The number of hydrogen-bond acceptors (Lipinski definition) is 2. The van der Waals surface area contributed by atoms with E-state index in [9.17, 15) is 21.6 Å². The summed E-state index contributed by atoms with van der Waals surface area (Å²) in [6.45, 7) is 0. The van der Waals surface area contributed by atoms with Crippen molar-refractivity contribution in [1.29, 1.82) is 0 Å². The summed E-state index contributed by atoms with van der Waals surface area (Å²) in [5.41, 5.74) is -0.248. The molecule has 2 rings (SSSR count). The third-order valence-corrected chi connectivity index (χ3v) is 3.64. The van der Waals surface area contributed by atoms with Gasteiger partial charge in [0, 0.05) is 6.07 Å². The highest BCUT2D eigenvalue weighted by molar-refractivity contribution is 7.92. The third kappa shape index (κ3) is 3.25. The second-order valence-electron chi connectivity index (χ2n) is 3.72. The van der Waals surface area contributed by atoms with Gasteiger partial charge in [-0.1, -0.05) is 0 Å². The van der Waals surface area contributed by atoms with Crippen LogP contribution in [0.4, 0.5) is 18.9 Å². The summed E-state index contributed by atoms with van der Waals surface area (Å²) in [5, 5.41) is 0. The van der Waals surface area contributed by atoms with Crippen molar-refractivity contribution < 1.29 is 21.6 Å². The second-order valence-corrected chi connectivity index (χ2v) is 5.40. The number of nitrogens with one attached hydrogen (secondary N) is 1. The molecule has 0 fully saturated rings. The Hall–Kier alpha value is -2.02. The number of benzene rings is 2. The molecule has 0 heterocycles. The van der Waals surface area contributed by atoms with Gasteiger partial charge in [-0.3, -0.25) is 4.72 Å². The van der Waals surface area contributed by atoms with Crippen LogP contribution >= 0.6 is 0 Å². The molecule has 0 saturated heterocycles. The highest BCUT2D eigenvalue weighted by Crippen LogP contribution is 2.18. The molecule has 0 aromatic heterocycles. The molecule has 0 bridgehead atoms. The third-order valence-electron chi connectivity index (χ3n) is 2.24. The van der Waals surface area contributed by atoms with Crippen LogP contribution in [0.15, 0.2) is 47.4 Å². The summed E-state index contributed by atoms with van der Waals surface area (Å²) < 4.78 is 64.3. The summed E-state index contributed by atoms with van der Waals surface area (Å²) in [6.07, 6.45) is 0. The van der Waals surface area contributed by atoms with Crippen LogP contribution in [-0.4, -0.2) is 8.42 Å². The molecule has 0 radical (unpaired) electrons. The highest BCUT2D eigenvalue weighted by atomic mass is 32.2. The molecule has 0 aliphatic heterocycles. The average molecular weight is 287 g/mol. The summed E-state index contributed by atoms with van der Waals surface area (Å²) in [4.78, 5) is -0.210. The van der Waals surface area contributed by atoms with Gasteiger partial charge < -0.3 is 0 Å². The first-order valence-corrected chi connectivity index (χ1v) is 6.60. The first kappa shape index (κ1) is 13.4. The van der Waals surface area contributed by atoms with E-state index in [0.717, 1.165) is 36.4 Å². The number of rotatable bonds is 3. The van der Waals surface area contributed by atoms with Gasteiger partial charge in [-0.2, -0.15) is 0 Å². The summed E-state index contributed by atoms with van der Waals surface area (Å²) >= 11 is 0. The lowest BCUT2D eigenvalue weighted by atomic mass is 10.3. The van der Waals surface area contributed by atoms with Crippen LogP contribution in [0.2, 0.25) is 0 Å². The van der Waals surface area contributed by atoms with Crippen molar-refractivity contribution in [3.05, 3.63) is 59.9 Å². The van der Waals surface area contributed by atoms with Crippen molar-refractivity contribution in [2.24, 2.45) is 0 Å². The monoisotopic (exact) mass is 287 g/mol. The molecule has 0 aliphatic rings. The lowest BCUT2D eigenvalue weighted by Crippen LogP contribution is -2.13. The molecular formula is C12H8F3NO2S. The van der Waals surface area contributed by atoms with E-state index in [-0.39, 0.29) is 10.6 Å². The number of anilines is 1. The molecule has 0 atom stereocenters. The molecular weight excluding hydrogens is 279 g/mol. The fourth-order valence-corrected chi connectivity index (χ4v) is 2.48. The van der Waals surface area contributed by atoms with Gasteiger partial charge in [-0.15, -0.1) is 0 Å².